The quantitative estimate of drug-likeness (QED) is 0.245. The Bertz CT molecular complexity index is 24.1. The van der Waals surface area contributed by atoms with E-state index in [4.69, 9.17) is 25.5 Å². The van der Waals surface area contributed by atoms with Crippen molar-refractivity contribution < 1.29 is 25.5 Å². The Morgan fingerprint density at radius 3 is 1.00 bits per heavy atom. The average Bonchev–Trinajstić information content (AvgIpc) is 1.65. The molecule has 0 aromatic carbocycles. The van der Waals surface area contributed by atoms with Gasteiger partial charge in [0.15, 0.2) is 0 Å². The molecule has 0 aliphatic heterocycles. The van der Waals surface area contributed by atoms with E-state index in [0.29, 0.717) is 0 Å². The maximum absolute atomic E-state index is 7.62. The fourth-order valence-corrected chi connectivity index (χ4v) is 0. The lowest BCUT2D eigenvalue weighted by Crippen LogP contribution is -1.98. The lowest BCUT2D eigenvalue weighted by molar-refractivity contribution is -0.198. The Morgan fingerprint density at radius 1 is 0.875 bits per heavy atom. The molecule has 0 amide bonds. The van der Waals surface area contributed by atoms with Crippen molar-refractivity contribution in [1.82, 2.24) is 0 Å². The van der Waals surface area contributed by atoms with Crippen molar-refractivity contribution in [3.63, 3.8) is 0 Å². The topological polar surface area (TPSA) is 101 Å². The van der Waals surface area contributed by atoms with Gasteiger partial charge in [-0.1, -0.05) is 0 Å². The molecule has 0 saturated carbocycles. The van der Waals surface area contributed by atoms with Gasteiger partial charge in [-0.15, -0.1) is 0 Å². The minimum atomic E-state index is -2.17. The zero-order valence-corrected chi connectivity index (χ0v) is 4.23. The highest BCUT2D eigenvalue weighted by Gasteiger charge is 1.72. The zero-order valence-electron chi connectivity index (χ0n) is 4.23. The summed E-state index contributed by atoms with van der Waals surface area (Å²) >= 11 is 0. The maximum Gasteiger partial charge on any atom is 0.263 e. The first-order valence-electron chi connectivity index (χ1n) is 1.91. The van der Waals surface area contributed by atoms with Gasteiger partial charge >= 0.3 is 0 Å². The smallest absolute Gasteiger partial charge is 0.263 e. The van der Waals surface area contributed by atoms with Crippen molar-refractivity contribution in [1.29, 1.82) is 0 Å². The van der Waals surface area contributed by atoms with Crippen molar-refractivity contribution in [2.45, 2.75) is 6.48 Å². The Balaban J connectivity index is 0. The van der Waals surface area contributed by atoms with Crippen LogP contribution in [0.5, 0.6) is 0 Å². The molecule has 5 nitrogen and oxygen atoms in total. The average molecular weight is 126 g/mol. The summed E-state index contributed by atoms with van der Waals surface area (Å²) in [5.41, 5.74) is 0. The second-order valence-electron chi connectivity index (χ2n) is 0.794. The third-order valence-corrected chi connectivity index (χ3v) is 0.1000. The monoisotopic (exact) mass is 126 g/mol. The molecule has 0 aliphatic carbocycles. The number of hydrogen-bond acceptors (Lipinski definition) is 5. The lowest BCUT2D eigenvalue weighted by atomic mass is 10.8. The van der Waals surface area contributed by atoms with E-state index in [-0.39, 0.29) is 13.2 Å². The highest BCUT2D eigenvalue weighted by molar-refractivity contribution is 4.06. The van der Waals surface area contributed by atoms with E-state index in [1.165, 1.54) is 0 Å². The largest absolute Gasteiger partial charge is 0.394 e. The van der Waals surface area contributed by atoms with Crippen LogP contribution in [0.15, 0.2) is 0 Å². The Hall–Kier alpha value is -0.200. The predicted molar refractivity (Wildman–Crippen MR) is 24.6 cm³/mol. The fraction of sp³-hybridized carbons (Fsp3) is 1.00. The van der Waals surface area contributed by atoms with E-state index in [1.54, 1.807) is 0 Å². The first-order valence-corrected chi connectivity index (χ1v) is 1.91. The van der Waals surface area contributed by atoms with Gasteiger partial charge in [0.1, 0.15) is 0 Å². The standard InChI is InChI=1S/C2H6O2.CH4O3/c3-1-2-4;2-1(3)4/h3-4H,1-2H2;1-4H. The molecule has 52 valence electrons. The number of aliphatic hydroxyl groups is 5. The molecule has 0 rings (SSSR count). The van der Waals surface area contributed by atoms with Crippen LogP contribution in [-0.4, -0.2) is 45.2 Å². The molecular weight excluding hydrogens is 116 g/mol. The van der Waals surface area contributed by atoms with E-state index in [1.807, 2.05) is 0 Å². The van der Waals surface area contributed by atoms with Gasteiger partial charge in [0.05, 0.1) is 13.2 Å². The summed E-state index contributed by atoms with van der Waals surface area (Å²) in [5, 5.41) is 36.8. The normalized spacial score (nSPS) is 8.25. The van der Waals surface area contributed by atoms with Crippen LogP contribution in [-0.2, 0) is 0 Å². The van der Waals surface area contributed by atoms with Crippen LogP contribution < -0.4 is 0 Å². The van der Waals surface area contributed by atoms with Crippen molar-refractivity contribution in [3.8, 4) is 0 Å². The van der Waals surface area contributed by atoms with Crippen LogP contribution in [0.1, 0.15) is 0 Å². The molecule has 0 aromatic heterocycles. The summed E-state index contributed by atoms with van der Waals surface area (Å²) in [6.45, 7) is -2.42. The molecule has 0 heterocycles. The van der Waals surface area contributed by atoms with Gasteiger partial charge in [0.25, 0.3) is 6.48 Å². The van der Waals surface area contributed by atoms with Crippen molar-refractivity contribution >= 4 is 0 Å². The van der Waals surface area contributed by atoms with Crippen LogP contribution in [0.25, 0.3) is 0 Å². The van der Waals surface area contributed by atoms with Crippen LogP contribution in [0.2, 0.25) is 0 Å². The van der Waals surface area contributed by atoms with Gasteiger partial charge in [0.2, 0.25) is 0 Å². The summed E-state index contributed by atoms with van der Waals surface area (Å²) in [6.07, 6.45) is 0. The minimum absolute atomic E-state index is 0.125. The van der Waals surface area contributed by atoms with Crippen LogP contribution >= 0.6 is 0 Å². The Kier molecular flexibility index (Phi) is 13.3. The number of rotatable bonds is 1. The molecule has 0 aromatic rings. The van der Waals surface area contributed by atoms with E-state index in [9.17, 15) is 0 Å². The second-order valence-corrected chi connectivity index (χ2v) is 0.794. The van der Waals surface area contributed by atoms with Gasteiger partial charge in [-0.3, -0.25) is 0 Å². The minimum Gasteiger partial charge on any atom is -0.394 e. The molecule has 0 spiro atoms. The number of aliphatic hydroxyl groups excluding tert-OH is 3. The van der Waals surface area contributed by atoms with Gasteiger partial charge in [-0.25, -0.2) is 0 Å². The Morgan fingerprint density at radius 2 is 1.00 bits per heavy atom. The van der Waals surface area contributed by atoms with Crippen LogP contribution in [0.3, 0.4) is 0 Å². The second kappa shape index (κ2) is 9.93. The van der Waals surface area contributed by atoms with Crippen molar-refractivity contribution in [2.75, 3.05) is 13.2 Å². The van der Waals surface area contributed by atoms with E-state index in [2.05, 4.69) is 0 Å². The Labute approximate surface area is 46.4 Å². The summed E-state index contributed by atoms with van der Waals surface area (Å²) in [5.74, 6) is 0. The highest BCUT2D eigenvalue weighted by Crippen LogP contribution is 1.49. The highest BCUT2D eigenvalue weighted by atomic mass is 16.6. The molecule has 0 unspecified atom stereocenters. The van der Waals surface area contributed by atoms with E-state index >= 15 is 0 Å². The zero-order chi connectivity index (χ0) is 6.99. The fourth-order valence-electron chi connectivity index (χ4n) is 0. The van der Waals surface area contributed by atoms with Gasteiger partial charge in [-0.05, 0) is 0 Å². The third kappa shape index (κ3) is 209. The molecule has 0 fully saturated rings. The summed E-state index contributed by atoms with van der Waals surface area (Å²) in [6, 6.07) is 0. The van der Waals surface area contributed by atoms with E-state index < -0.39 is 6.48 Å². The maximum atomic E-state index is 7.62. The summed E-state index contributed by atoms with van der Waals surface area (Å²) in [4.78, 5) is 0. The predicted octanol–water partition coefficient (Wildman–Crippen LogP) is -2.78. The third-order valence-electron chi connectivity index (χ3n) is 0.1000. The summed E-state index contributed by atoms with van der Waals surface area (Å²) < 4.78 is 0. The SMILES string of the molecule is OC(O)O.OCCO. The van der Waals surface area contributed by atoms with Gasteiger partial charge in [-0.2, -0.15) is 0 Å². The van der Waals surface area contributed by atoms with Crippen molar-refractivity contribution in [3.05, 3.63) is 0 Å². The van der Waals surface area contributed by atoms with Crippen molar-refractivity contribution in [2.24, 2.45) is 0 Å². The molecule has 0 aliphatic rings. The number of hydrogen-bond donors (Lipinski definition) is 5. The molecular formula is C3H10O5. The van der Waals surface area contributed by atoms with E-state index in [0.717, 1.165) is 0 Å². The molecule has 5 N–H and O–H groups in total. The molecule has 0 atom stereocenters. The molecule has 8 heavy (non-hydrogen) atoms. The molecule has 0 bridgehead atoms. The lowest BCUT2D eigenvalue weighted by Gasteiger charge is -1.80. The molecule has 0 saturated heterocycles. The first-order chi connectivity index (χ1) is 3.65. The molecule has 5 heteroatoms. The molecule has 0 radical (unpaired) electrons. The summed E-state index contributed by atoms with van der Waals surface area (Å²) in [7, 11) is 0. The van der Waals surface area contributed by atoms with Crippen LogP contribution in [0, 0.1) is 0 Å². The van der Waals surface area contributed by atoms with Crippen LogP contribution in [0.4, 0.5) is 0 Å². The first kappa shape index (κ1) is 10.7. The van der Waals surface area contributed by atoms with Gasteiger partial charge < -0.3 is 25.5 Å². The van der Waals surface area contributed by atoms with Gasteiger partial charge in [0, 0.05) is 0 Å².